The molecule has 1 atom stereocenters. The molecule has 0 bridgehead atoms. The summed E-state index contributed by atoms with van der Waals surface area (Å²) in [6.45, 7) is 1.52. The van der Waals surface area contributed by atoms with Crippen LogP contribution in [-0.4, -0.2) is 74.4 Å². The average molecular weight is 371 g/mol. The molecule has 2 fully saturated rings. The molecular weight excluding hydrogens is 350 g/mol. The first kappa shape index (κ1) is 17.3. The Balaban J connectivity index is 1.45. The summed E-state index contributed by atoms with van der Waals surface area (Å²) >= 11 is 0. The van der Waals surface area contributed by atoms with Crippen molar-refractivity contribution in [3.8, 4) is 11.4 Å². The standard InChI is InChI=1S/C17H21N7O3/c1-22-10-17(27-16(22)26)7-4-8-24(11-17)15(25)18-13-6-3-5-12(9-13)14-19-21-23(2)20-14/h3,5-6,9H,4,7-8,10-11H2,1-2H3,(H,18,25)/t17-/m1/s1. The molecule has 2 saturated heterocycles. The minimum Gasteiger partial charge on any atom is -0.439 e. The van der Waals surface area contributed by atoms with Crippen LogP contribution < -0.4 is 5.32 Å². The third-order valence-corrected chi connectivity index (χ3v) is 4.85. The van der Waals surface area contributed by atoms with Crippen LogP contribution in [0.1, 0.15) is 12.8 Å². The highest BCUT2D eigenvalue weighted by molar-refractivity contribution is 5.90. The van der Waals surface area contributed by atoms with Crippen LogP contribution in [0.5, 0.6) is 0 Å². The second-order valence-electron chi connectivity index (χ2n) is 7.05. The predicted octanol–water partition coefficient (Wildman–Crippen LogP) is 1.33. The van der Waals surface area contributed by atoms with Gasteiger partial charge in [-0.05, 0) is 30.2 Å². The topological polar surface area (TPSA) is 105 Å². The number of likely N-dealkylation sites (N-methyl/N-ethyl adjacent to an activating group) is 1. The van der Waals surface area contributed by atoms with Gasteiger partial charge in [0.05, 0.1) is 20.1 Å². The first-order valence-electron chi connectivity index (χ1n) is 8.79. The van der Waals surface area contributed by atoms with E-state index in [-0.39, 0.29) is 12.1 Å². The van der Waals surface area contributed by atoms with E-state index in [1.807, 2.05) is 12.1 Å². The van der Waals surface area contributed by atoms with Crippen molar-refractivity contribution in [1.82, 2.24) is 30.0 Å². The summed E-state index contributed by atoms with van der Waals surface area (Å²) in [5.74, 6) is 0.492. The van der Waals surface area contributed by atoms with E-state index in [1.165, 1.54) is 4.80 Å². The van der Waals surface area contributed by atoms with Crippen molar-refractivity contribution in [2.45, 2.75) is 18.4 Å². The lowest BCUT2D eigenvalue weighted by Crippen LogP contribution is -2.53. The molecule has 1 aromatic carbocycles. The maximum atomic E-state index is 12.7. The van der Waals surface area contributed by atoms with E-state index in [2.05, 4.69) is 20.7 Å². The molecular formula is C17H21N7O3. The van der Waals surface area contributed by atoms with E-state index in [0.29, 0.717) is 31.1 Å². The van der Waals surface area contributed by atoms with Crippen molar-refractivity contribution in [2.24, 2.45) is 7.05 Å². The number of aromatic nitrogens is 4. The SMILES string of the molecule is CN1C[C@@]2(CCCN(C(=O)Nc3cccc(-c4nnn(C)n4)c3)C2)OC1=O. The monoisotopic (exact) mass is 371 g/mol. The van der Waals surface area contributed by atoms with Gasteiger partial charge >= 0.3 is 12.1 Å². The van der Waals surface area contributed by atoms with Crippen LogP contribution in [0.15, 0.2) is 24.3 Å². The smallest absolute Gasteiger partial charge is 0.410 e. The number of anilines is 1. The number of carbonyl (C=O) groups excluding carboxylic acids is 2. The van der Waals surface area contributed by atoms with Crippen LogP contribution in [-0.2, 0) is 11.8 Å². The number of nitrogens with zero attached hydrogens (tertiary/aromatic N) is 6. The van der Waals surface area contributed by atoms with Crippen molar-refractivity contribution in [1.29, 1.82) is 0 Å². The maximum absolute atomic E-state index is 12.7. The number of ether oxygens (including phenoxy) is 1. The number of rotatable bonds is 2. The Labute approximate surface area is 156 Å². The summed E-state index contributed by atoms with van der Waals surface area (Å²) in [5.41, 5.74) is 0.805. The van der Waals surface area contributed by atoms with E-state index in [1.54, 1.807) is 36.0 Å². The lowest BCUT2D eigenvalue weighted by Gasteiger charge is -2.38. The van der Waals surface area contributed by atoms with Gasteiger partial charge in [-0.3, -0.25) is 0 Å². The first-order chi connectivity index (χ1) is 12.9. The molecule has 3 amide bonds. The highest BCUT2D eigenvalue weighted by Crippen LogP contribution is 2.31. The van der Waals surface area contributed by atoms with Crippen LogP contribution in [0.25, 0.3) is 11.4 Å². The Kier molecular flexibility index (Phi) is 4.17. The number of likely N-dealkylation sites (tertiary alicyclic amines) is 1. The fraction of sp³-hybridized carbons (Fsp3) is 0.471. The van der Waals surface area contributed by atoms with Crippen molar-refractivity contribution >= 4 is 17.8 Å². The van der Waals surface area contributed by atoms with Gasteiger partial charge < -0.3 is 19.9 Å². The van der Waals surface area contributed by atoms with Crippen LogP contribution in [0.4, 0.5) is 15.3 Å². The fourth-order valence-corrected chi connectivity index (χ4v) is 3.61. The third-order valence-electron chi connectivity index (χ3n) is 4.85. The summed E-state index contributed by atoms with van der Waals surface area (Å²) in [4.78, 5) is 29.1. The van der Waals surface area contributed by atoms with Crippen molar-refractivity contribution in [2.75, 3.05) is 32.0 Å². The Morgan fingerprint density at radius 3 is 2.85 bits per heavy atom. The molecule has 2 aliphatic heterocycles. The number of urea groups is 1. The van der Waals surface area contributed by atoms with Gasteiger partial charge in [-0.25, -0.2) is 9.59 Å². The predicted molar refractivity (Wildman–Crippen MR) is 95.9 cm³/mol. The van der Waals surface area contributed by atoms with E-state index in [0.717, 1.165) is 18.4 Å². The van der Waals surface area contributed by atoms with E-state index < -0.39 is 5.60 Å². The number of tetrazole rings is 1. The number of benzene rings is 1. The summed E-state index contributed by atoms with van der Waals surface area (Å²) in [6, 6.07) is 7.08. The van der Waals surface area contributed by atoms with E-state index in [4.69, 9.17) is 4.74 Å². The van der Waals surface area contributed by atoms with Crippen LogP contribution in [0, 0.1) is 0 Å². The van der Waals surface area contributed by atoms with Gasteiger partial charge in [0.1, 0.15) is 5.60 Å². The van der Waals surface area contributed by atoms with Crippen molar-refractivity contribution < 1.29 is 14.3 Å². The molecule has 0 unspecified atom stereocenters. The Bertz CT molecular complexity index is 883. The average Bonchev–Trinajstić information content (AvgIpc) is 3.18. The molecule has 1 N–H and O–H groups in total. The number of nitrogens with one attached hydrogen (secondary N) is 1. The molecule has 2 aromatic rings. The quantitative estimate of drug-likeness (QED) is 0.854. The molecule has 1 spiro atoms. The number of piperidine rings is 1. The number of aryl methyl sites for hydroxylation is 1. The van der Waals surface area contributed by atoms with Gasteiger partial charge in [-0.1, -0.05) is 12.1 Å². The van der Waals surface area contributed by atoms with Crippen molar-refractivity contribution in [3.63, 3.8) is 0 Å². The maximum Gasteiger partial charge on any atom is 0.410 e. The number of amides is 3. The fourth-order valence-electron chi connectivity index (χ4n) is 3.61. The minimum absolute atomic E-state index is 0.219. The zero-order chi connectivity index (χ0) is 19.0. The van der Waals surface area contributed by atoms with Crippen LogP contribution >= 0.6 is 0 Å². The molecule has 27 heavy (non-hydrogen) atoms. The van der Waals surface area contributed by atoms with Gasteiger partial charge in [0.25, 0.3) is 0 Å². The largest absolute Gasteiger partial charge is 0.439 e. The molecule has 2 aliphatic rings. The lowest BCUT2D eigenvalue weighted by molar-refractivity contribution is 0.00497. The first-order valence-corrected chi connectivity index (χ1v) is 8.79. The number of hydrogen-bond acceptors (Lipinski definition) is 6. The molecule has 0 aliphatic carbocycles. The Morgan fingerprint density at radius 1 is 1.30 bits per heavy atom. The molecule has 3 heterocycles. The van der Waals surface area contributed by atoms with Crippen LogP contribution in [0.3, 0.4) is 0 Å². The summed E-state index contributed by atoms with van der Waals surface area (Å²) in [5, 5.41) is 14.9. The van der Waals surface area contributed by atoms with Gasteiger partial charge in [0, 0.05) is 24.8 Å². The summed E-state index contributed by atoms with van der Waals surface area (Å²) < 4.78 is 5.55. The minimum atomic E-state index is -0.604. The lowest BCUT2D eigenvalue weighted by atomic mass is 9.93. The summed E-state index contributed by atoms with van der Waals surface area (Å²) in [6.07, 6.45) is 1.22. The molecule has 142 valence electrons. The second kappa shape index (κ2) is 6.53. The zero-order valence-corrected chi connectivity index (χ0v) is 15.3. The van der Waals surface area contributed by atoms with Crippen molar-refractivity contribution in [3.05, 3.63) is 24.3 Å². The van der Waals surface area contributed by atoms with Gasteiger partial charge in [-0.2, -0.15) is 4.80 Å². The molecule has 4 rings (SSSR count). The normalized spacial score (nSPS) is 22.2. The van der Waals surface area contributed by atoms with E-state index >= 15 is 0 Å². The van der Waals surface area contributed by atoms with Gasteiger partial charge in [0.2, 0.25) is 5.82 Å². The van der Waals surface area contributed by atoms with Gasteiger partial charge in [0.15, 0.2) is 0 Å². The molecule has 1 aromatic heterocycles. The molecule has 10 nitrogen and oxygen atoms in total. The number of hydrogen-bond donors (Lipinski definition) is 1. The highest BCUT2D eigenvalue weighted by Gasteiger charge is 2.47. The second-order valence-corrected chi connectivity index (χ2v) is 7.05. The van der Waals surface area contributed by atoms with Gasteiger partial charge in [-0.15, -0.1) is 10.2 Å². The van der Waals surface area contributed by atoms with E-state index in [9.17, 15) is 9.59 Å². The van der Waals surface area contributed by atoms with Crippen LogP contribution in [0.2, 0.25) is 0 Å². The number of carbonyl (C=O) groups is 2. The third kappa shape index (κ3) is 3.42. The highest BCUT2D eigenvalue weighted by atomic mass is 16.6. The summed E-state index contributed by atoms with van der Waals surface area (Å²) in [7, 11) is 3.41. The molecule has 0 saturated carbocycles. The Hall–Kier alpha value is -3.17. The molecule has 10 heteroatoms. The Morgan fingerprint density at radius 2 is 2.15 bits per heavy atom. The molecule has 0 radical (unpaired) electrons. The zero-order valence-electron chi connectivity index (χ0n) is 15.3.